The summed E-state index contributed by atoms with van der Waals surface area (Å²) in [6.45, 7) is 6.40. The van der Waals surface area contributed by atoms with Crippen molar-refractivity contribution < 1.29 is 4.79 Å². The predicted molar refractivity (Wildman–Crippen MR) is 102 cm³/mol. The van der Waals surface area contributed by atoms with Gasteiger partial charge in [-0.1, -0.05) is 13.0 Å². The Morgan fingerprint density at radius 3 is 2.96 bits per heavy atom. The summed E-state index contributed by atoms with van der Waals surface area (Å²) < 4.78 is 2.02. The molecule has 3 aromatic heterocycles. The number of H-pyrrole nitrogens is 1. The molecule has 27 heavy (non-hydrogen) atoms. The number of carbonyl (C=O) groups excluding carboxylic acids is 1. The van der Waals surface area contributed by atoms with E-state index in [1.54, 1.807) is 6.20 Å². The van der Waals surface area contributed by atoms with Crippen LogP contribution in [0.15, 0.2) is 36.9 Å². The van der Waals surface area contributed by atoms with Gasteiger partial charge < -0.3 is 9.88 Å². The number of hydrogen-bond acceptors (Lipinski definition) is 4. The van der Waals surface area contributed by atoms with Crippen molar-refractivity contribution in [1.29, 1.82) is 0 Å². The summed E-state index contributed by atoms with van der Waals surface area (Å²) in [6.07, 6.45) is 8.82. The molecule has 0 aromatic carbocycles. The van der Waals surface area contributed by atoms with Gasteiger partial charge in [-0.15, -0.1) is 0 Å². The Hall–Kier alpha value is -2.96. The van der Waals surface area contributed by atoms with Crippen molar-refractivity contribution in [1.82, 2.24) is 29.6 Å². The number of carbonyl (C=O) groups is 1. The number of amides is 1. The summed E-state index contributed by atoms with van der Waals surface area (Å²) in [6, 6.07) is 3.89. The molecule has 7 nitrogen and oxygen atoms in total. The van der Waals surface area contributed by atoms with Crippen molar-refractivity contribution in [3.05, 3.63) is 54.0 Å². The fourth-order valence-corrected chi connectivity index (χ4v) is 3.65. The van der Waals surface area contributed by atoms with Gasteiger partial charge in [0.1, 0.15) is 5.82 Å². The quantitative estimate of drug-likeness (QED) is 0.729. The van der Waals surface area contributed by atoms with Crippen LogP contribution in [0.4, 0.5) is 0 Å². The van der Waals surface area contributed by atoms with Gasteiger partial charge in [-0.25, -0.2) is 4.98 Å². The molecule has 0 aliphatic carbocycles. The fourth-order valence-electron chi connectivity index (χ4n) is 3.65. The van der Waals surface area contributed by atoms with Gasteiger partial charge in [0.2, 0.25) is 5.91 Å². The molecule has 1 aliphatic rings. The monoisotopic (exact) mass is 364 g/mol. The van der Waals surface area contributed by atoms with E-state index in [9.17, 15) is 4.79 Å². The summed E-state index contributed by atoms with van der Waals surface area (Å²) in [5.74, 6) is 1.12. The smallest absolute Gasteiger partial charge is 0.223 e. The van der Waals surface area contributed by atoms with E-state index in [1.165, 1.54) is 0 Å². The first-order valence-electron chi connectivity index (χ1n) is 9.40. The number of imidazole rings is 1. The van der Waals surface area contributed by atoms with Gasteiger partial charge in [0, 0.05) is 55.6 Å². The van der Waals surface area contributed by atoms with Gasteiger partial charge in [-0.05, 0) is 25.0 Å². The number of rotatable bonds is 6. The third kappa shape index (κ3) is 3.49. The van der Waals surface area contributed by atoms with Crippen molar-refractivity contribution in [2.24, 2.45) is 0 Å². The topological polar surface area (TPSA) is 79.7 Å². The lowest BCUT2D eigenvalue weighted by Gasteiger charge is -2.15. The molecule has 4 heterocycles. The van der Waals surface area contributed by atoms with Crippen molar-refractivity contribution in [2.45, 2.75) is 45.7 Å². The molecular weight excluding hydrogens is 340 g/mol. The van der Waals surface area contributed by atoms with Crippen LogP contribution in [-0.2, 0) is 17.9 Å². The number of nitrogens with one attached hydrogen (secondary N) is 1. The number of pyridine rings is 1. The standard InChI is InChI=1S/C20H24N6O/c1-3-7-26-14(2)17(10-23-26)18-11-22-20(24-18)16-8-19(27)25(13-16)12-15-5-4-6-21-9-15/h4-6,9-11,16H,3,7-8,12-13H2,1-2H3,(H,22,24)/t16-/m0/s1. The molecule has 3 aromatic rings. The highest BCUT2D eigenvalue weighted by Gasteiger charge is 2.32. The van der Waals surface area contributed by atoms with E-state index in [-0.39, 0.29) is 11.8 Å². The summed E-state index contributed by atoms with van der Waals surface area (Å²) in [5, 5.41) is 4.46. The largest absolute Gasteiger partial charge is 0.342 e. The molecule has 1 saturated heterocycles. The molecule has 0 bridgehead atoms. The molecule has 1 aliphatic heterocycles. The molecule has 0 spiro atoms. The fraction of sp³-hybridized carbons (Fsp3) is 0.400. The van der Waals surface area contributed by atoms with Crippen LogP contribution >= 0.6 is 0 Å². The average Bonchev–Trinajstić information content (AvgIpc) is 3.37. The first-order valence-corrected chi connectivity index (χ1v) is 9.40. The molecular formula is C20H24N6O. The summed E-state index contributed by atoms with van der Waals surface area (Å²) in [4.78, 5) is 26.4. The third-order valence-electron chi connectivity index (χ3n) is 5.12. The molecule has 0 radical (unpaired) electrons. The maximum atomic E-state index is 12.4. The van der Waals surface area contributed by atoms with E-state index in [0.717, 1.165) is 41.3 Å². The van der Waals surface area contributed by atoms with Crippen LogP contribution in [-0.4, -0.2) is 42.1 Å². The maximum Gasteiger partial charge on any atom is 0.223 e. The van der Waals surface area contributed by atoms with Crippen LogP contribution < -0.4 is 0 Å². The Morgan fingerprint density at radius 1 is 1.30 bits per heavy atom. The summed E-state index contributed by atoms with van der Waals surface area (Å²) in [5.41, 5.74) is 4.21. The van der Waals surface area contributed by atoms with E-state index in [1.807, 2.05) is 40.3 Å². The lowest BCUT2D eigenvalue weighted by Crippen LogP contribution is -2.24. The van der Waals surface area contributed by atoms with Crippen LogP contribution in [0.1, 0.15) is 42.8 Å². The highest BCUT2D eigenvalue weighted by molar-refractivity contribution is 5.79. The lowest BCUT2D eigenvalue weighted by atomic mass is 10.1. The van der Waals surface area contributed by atoms with Gasteiger partial charge >= 0.3 is 0 Å². The second-order valence-corrected chi connectivity index (χ2v) is 7.09. The molecule has 1 amide bonds. The summed E-state index contributed by atoms with van der Waals surface area (Å²) >= 11 is 0. The van der Waals surface area contributed by atoms with Crippen LogP contribution in [0.2, 0.25) is 0 Å². The predicted octanol–water partition coefficient (Wildman–Crippen LogP) is 2.90. The van der Waals surface area contributed by atoms with Gasteiger partial charge in [-0.3, -0.25) is 14.5 Å². The Bertz CT molecular complexity index is 929. The average molecular weight is 364 g/mol. The zero-order valence-electron chi connectivity index (χ0n) is 15.7. The molecule has 1 N–H and O–H groups in total. The zero-order chi connectivity index (χ0) is 18.8. The Balaban J connectivity index is 1.48. The highest BCUT2D eigenvalue weighted by atomic mass is 16.2. The first-order chi connectivity index (χ1) is 13.2. The number of aromatic amines is 1. The minimum absolute atomic E-state index is 0.0916. The molecule has 4 rings (SSSR count). The van der Waals surface area contributed by atoms with Crippen LogP contribution in [0.5, 0.6) is 0 Å². The number of hydrogen-bond donors (Lipinski definition) is 1. The van der Waals surface area contributed by atoms with Gasteiger partial charge in [0.15, 0.2) is 0 Å². The minimum Gasteiger partial charge on any atom is -0.342 e. The first kappa shape index (κ1) is 17.5. The van der Waals surface area contributed by atoms with Crippen molar-refractivity contribution >= 4 is 5.91 Å². The second kappa shape index (κ2) is 7.34. The van der Waals surface area contributed by atoms with Crippen LogP contribution in [0, 0.1) is 6.92 Å². The number of aryl methyl sites for hydroxylation is 1. The van der Waals surface area contributed by atoms with Crippen molar-refractivity contribution in [3.8, 4) is 11.3 Å². The van der Waals surface area contributed by atoms with E-state index in [0.29, 0.717) is 19.5 Å². The summed E-state index contributed by atoms with van der Waals surface area (Å²) in [7, 11) is 0. The minimum atomic E-state index is 0.0916. The molecule has 0 saturated carbocycles. The molecule has 1 fully saturated rings. The molecule has 140 valence electrons. The van der Waals surface area contributed by atoms with Crippen LogP contribution in [0.3, 0.4) is 0 Å². The molecule has 7 heteroatoms. The zero-order valence-corrected chi connectivity index (χ0v) is 15.7. The van der Waals surface area contributed by atoms with E-state index in [4.69, 9.17) is 0 Å². The van der Waals surface area contributed by atoms with Crippen molar-refractivity contribution in [2.75, 3.05) is 6.54 Å². The second-order valence-electron chi connectivity index (χ2n) is 7.09. The highest BCUT2D eigenvalue weighted by Crippen LogP contribution is 2.29. The molecule has 1 atom stereocenters. The molecule has 0 unspecified atom stereocenters. The third-order valence-corrected chi connectivity index (χ3v) is 5.12. The number of nitrogens with zero attached hydrogens (tertiary/aromatic N) is 5. The Labute approximate surface area is 158 Å². The van der Waals surface area contributed by atoms with E-state index in [2.05, 4.69) is 33.9 Å². The Kier molecular flexibility index (Phi) is 4.75. The van der Waals surface area contributed by atoms with Gasteiger partial charge in [0.25, 0.3) is 0 Å². The SMILES string of the molecule is CCCn1ncc(-c2cnc([C@H]3CC(=O)N(Cc4cccnc4)C3)[nH]2)c1C. The van der Waals surface area contributed by atoms with Crippen molar-refractivity contribution in [3.63, 3.8) is 0 Å². The number of likely N-dealkylation sites (tertiary alicyclic amines) is 1. The lowest BCUT2D eigenvalue weighted by molar-refractivity contribution is -0.128. The van der Waals surface area contributed by atoms with E-state index < -0.39 is 0 Å². The van der Waals surface area contributed by atoms with Crippen LogP contribution in [0.25, 0.3) is 11.3 Å². The number of aromatic nitrogens is 5. The van der Waals surface area contributed by atoms with Gasteiger partial charge in [-0.2, -0.15) is 5.10 Å². The normalized spacial score (nSPS) is 17.0. The Morgan fingerprint density at radius 2 is 2.19 bits per heavy atom. The maximum absolute atomic E-state index is 12.4. The van der Waals surface area contributed by atoms with E-state index >= 15 is 0 Å². The van der Waals surface area contributed by atoms with Gasteiger partial charge in [0.05, 0.1) is 18.1 Å².